The van der Waals surface area contributed by atoms with Gasteiger partial charge in [0.05, 0.1) is 84.2 Å². The van der Waals surface area contributed by atoms with Gasteiger partial charge in [-0.1, -0.05) is 17.7 Å². The third kappa shape index (κ3) is 10.1. The van der Waals surface area contributed by atoms with Gasteiger partial charge in [0.15, 0.2) is 0 Å². The molecule has 1 aromatic rings. The van der Waals surface area contributed by atoms with Crippen LogP contribution in [0.5, 0.6) is 0 Å². The Bertz CT molecular complexity index is 991. The maximum atomic E-state index is 12.3. The van der Waals surface area contributed by atoms with Crippen molar-refractivity contribution in [3.05, 3.63) is 29.8 Å². The average molecular weight is 637 g/mol. The molecule has 4 fully saturated rings. The van der Waals surface area contributed by atoms with Crippen LogP contribution in [-0.2, 0) is 66.4 Å². The molecule has 4 unspecified atom stereocenters. The van der Waals surface area contributed by atoms with Gasteiger partial charge in [-0.05, 0) is 19.1 Å². The second-order valence-electron chi connectivity index (χ2n) is 10.0. The van der Waals surface area contributed by atoms with Crippen molar-refractivity contribution in [1.82, 2.24) is 0 Å². The Morgan fingerprint density at radius 1 is 0.581 bits per heavy atom. The van der Waals surface area contributed by atoms with Gasteiger partial charge in [0, 0.05) is 14.2 Å². The molecule has 1 aliphatic carbocycles. The van der Waals surface area contributed by atoms with E-state index in [0.29, 0.717) is 52.9 Å². The minimum atomic E-state index is -3.85. The third-order valence-electron chi connectivity index (χ3n) is 7.00. The van der Waals surface area contributed by atoms with Crippen LogP contribution in [0.2, 0.25) is 0 Å². The molecule has 0 spiro atoms. The molecule has 3 saturated heterocycles. The predicted octanol–water partition coefficient (Wildman–Crippen LogP) is 0.679. The highest BCUT2D eigenvalue weighted by Crippen LogP contribution is 2.43. The summed E-state index contributed by atoms with van der Waals surface area (Å²) in [6, 6.07) is 6.45. The lowest BCUT2D eigenvalue weighted by atomic mass is 9.82. The van der Waals surface area contributed by atoms with E-state index in [0.717, 1.165) is 5.56 Å². The zero-order valence-electron chi connectivity index (χ0n) is 25.0. The van der Waals surface area contributed by atoms with Gasteiger partial charge in [0.1, 0.15) is 36.6 Å². The third-order valence-corrected chi connectivity index (χ3v) is 8.33. The lowest BCUT2D eigenvalue weighted by Gasteiger charge is -2.58. The van der Waals surface area contributed by atoms with Gasteiger partial charge in [-0.25, -0.2) is 0 Å². The molecule has 1 saturated carbocycles. The molecule has 1 aromatic carbocycles. The first-order valence-electron chi connectivity index (χ1n) is 14.4. The van der Waals surface area contributed by atoms with Crippen molar-refractivity contribution in [2.75, 3.05) is 93.5 Å². The number of hydrogen-bond donors (Lipinski definition) is 0. The number of benzene rings is 1. The van der Waals surface area contributed by atoms with Crippen LogP contribution in [0.4, 0.5) is 0 Å². The quantitative estimate of drug-likeness (QED) is 0.123. The smallest absolute Gasteiger partial charge is 0.297 e. The summed E-state index contributed by atoms with van der Waals surface area (Å²) in [5.74, 6) is 0. The molecule has 0 aromatic heterocycles. The van der Waals surface area contributed by atoms with E-state index >= 15 is 0 Å². The Morgan fingerprint density at radius 3 is 1.40 bits per heavy atom. The average Bonchev–Trinajstić information content (AvgIpc) is 2.99. The Kier molecular flexibility index (Phi) is 14.5. The van der Waals surface area contributed by atoms with Gasteiger partial charge < -0.3 is 52.1 Å². The highest BCUT2D eigenvalue weighted by molar-refractivity contribution is 7.86. The molecule has 4 aliphatic rings. The molecular formula is C28H44O14S. The number of ether oxygens (including phenoxy) is 11. The summed E-state index contributed by atoms with van der Waals surface area (Å²) in [7, 11) is -0.624. The maximum Gasteiger partial charge on any atom is 0.297 e. The first-order valence-corrected chi connectivity index (χ1v) is 15.8. The monoisotopic (exact) mass is 636 g/mol. The van der Waals surface area contributed by atoms with Crippen molar-refractivity contribution < 1.29 is 64.7 Å². The summed E-state index contributed by atoms with van der Waals surface area (Å²) in [5.41, 5.74) is 0.958. The Morgan fingerprint density at radius 2 is 0.977 bits per heavy atom. The van der Waals surface area contributed by atoms with Gasteiger partial charge in [-0.2, -0.15) is 8.42 Å². The topological polar surface area (TPSA) is 145 Å². The van der Waals surface area contributed by atoms with E-state index in [1.807, 2.05) is 6.92 Å². The summed E-state index contributed by atoms with van der Waals surface area (Å²) < 4.78 is 92.8. The largest absolute Gasteiger partial charge is 0.382 e. The fourth-order valence-electron chi connectivity index (χ4n) is 4.93. The van der Waals surface area contributed by atoms with Gasteiger partial charge in [-0.3, -0.25) is 4.18 Å². The highest BCUT2D eigenvalue weighted by Gasteiger charge is 2.63. The zero-order chi connectivity index (χ0) is 30.5. The molecule has 4 bridgehead atoms. The van der Waals surface area contributed by atoms with Crippen LogP contribution in [0.3, 0.4) is 0 Å². The first-order chi connectivity index (χ1) is 20.9. The van der Waals surface area contributed by atoms with E-state index < -0.39 is 53.2 Å². The molecule has 43 heavy (non-hydrogen) atoms. The lowest BCUT2D eigenvalue weighted by Crippen LogP contribution is -2.76. The van der Waals surface area contributed by atoms with Crippen molar-refractivity contribution >= 4 is 10.1 Å². The second-order valence-corrected chi connectivity index (χ2v) is 11.6. The molecule has 0 radical (unpaired) electrons. The van der Waals surface area contributed by atoms with E-state index in [-0.39, 0.29) is 31.3 Å². The summed E-state index contributed by atoms with van der Waals surface area (Å²) in [6.45, 7) is 4.70. The molecule has 3 aliphatic heterocycles. The normalized spacial score (nSPS) is 28.1. The Hall–Kier alpha value is -1.31. The van der Waals surface area contributed by atoms with Crippen LogP contribution >= 0.6 is 0 Å². The van der Waals surface area contributed by atoms with E-state index in [2.05, 4.69) is 0 Å². The summed E-state index contributed by atoms with van der Waals surface area (Å²) in [4.78, 5) is 0.101. The lowest BCUT2D eigenvalue weighted by molar-refractivity contribution is -0.488. The fraction of sp³-hybridized carbons (Fsp3) is 0.786. The standard InChI is InChI=1S/C28H44O14S/c1-20-4-6-21(7-5-20)43(29,30)39-19-15-35-14-18-38-24-26-22(36-16-12-33-10-8-31-2)25-23(27(24)42-28(40-25)41-26)37-17-13-34-11-9-32-3/h4-7,22-28H,8-19H2,1-3H3/t22?,23?,24-,25+,26+,27?,28?/m1/s1. The van der Waals surface area contributed by atoms with Crippen molar-refractivity contribution in [3.8, 4) is 0 Å². The van der Waals surface area contributed by atoms with Crippen molar-refractivity contribution in [2.45, 2.75) is 54.9 Å². The molecule has 5 rings (SSSR count). The Labute approximate surface area is 253 Å². The van der Waals surface area contributed by atoms with Crippen molar-refractivity contribution in [2.24, 2.45) is 0 Å². The predicted molar refractivity (Wildman–Crippen MR) is 148 cm³/mol. The molecule has 0 N–H and O–H groups in total. The summed E-state index contributed by atoms with van der Waals surface area (Å²) >= 11 is 0. The van der Waals surface area contributed by atoms with Gasteiger partial charge in [0.25, 0.3) is 16.6 Å². The maximum absolute atomic E-state index is 12.3. The minimum Gasteiger partial charge on any atom is -0.382 e. The molecule has 0 amide bonds. The molecule has 246 valence electrons. The number of methoxy groups -OCH3 is 2. The molecular weight excluding hydrogens is 592 g/mol. The van der Waals surface area contributed by atoms with Gasteiger partial charge in [0.2, 0.25) is 0 Å². The highest BCUT2D eigenvalue weighted by atomic mass is 32.2. The zero-order valence-corrected chi connectivity index (χ0v) is 25.8. The fourth-order valence-corrected chi connectivity index (χ4v) is 5.83. The van der Waals surface area contributed by atoms with E-state index in [1.54, 1.807) is 26.4 Å². The minimum absolute atomic E-state index is 0.0700. The second kappa shape index (κ2) is 18.0. The molecule has 14 nitrogen and oxygen atoms in total. The van der Waals surface area contributed by atoms with E-state index in [4.69, 9.17) is 56.3 Å². The molecule has 15 heteroatoms. The van der Waals surface area contributed by atoms with E-state index in [9.17, 15) is 8.42 Å². The number of rotatable bonds is 23. The summed E-state index contributed by atoms with van der Waals surface area (Å²) in [5, 5.41) is 0. The van der Waals surface area contributed by atoms with Crippen molar-refractivity contribution in [3.63, 3.8) is 0 Å². The van der Waals surface area contributed by atoms with Crippen molar-refractivity contribution in [1.29, 1.82) is 0 Å². The van der Waals surface area contributed by atoms with Crippen LogP contribution in [0.1, 0.15) is 5.56 Å². The van der Waals surface area contributed by atoms with Crippen LogP contribution in [0, 0.1) is 6.92 Å². The van der Waals surface area contributed by atoms with Crippen LogP contribution < -0.4 is 0 Å². The SMILES string of the molecule is COCCOCCOC1C2OC3O[C@H]1C(OCCOCCOC)[C@H](O3)[C@H]2OCCOCCOS(=O)(=O)c1ccc(C)cc1. The van der Waals surface area contributed by atoms with Gasteiger partial charge >= 0.3 is 0 Å². The van der Waals surface area contributed by atoms with Gasteiger partial charge in [-0.15, -0.1) is 0 Å². The number of hydrogen-bond acceptors (Lipinski definition) is 14. The molecule has 7 atom stereocenters. The first kappa shape index (κ1) is 34.6. The number of aryl methyl sites for hydroxylation is 1. The Balaban J connectivity index is 1.25. The van der Waals surface area contributed by atoms with Crippen LogP contribution in [0.25, 0.3) is 0 Å². The van der Waals surface area contributed by atoms with Crippen LogP contribution in [0.15, 0.2) is 29.2 Å². The van der Waals surface area contributed by atoms with E-state index in [1.165, 1.54) is 12.1 Å². The summed E-state index contributed by atoms with van der Waals surface area (Å²) in [6.07, 6.45) is -2.81. The molecule has 3 heterocycles. The van der Waals surface area contributed by atoms with Crippen LogP contribution in [-0.4, -0.2) is 145 Å².